The maximum atomic E-state index is 2.40. The molecule has 0 atom stereocenters. The molecule has 0 spiro atoms. The van der Waals surface area contributed by atoms with Crippen LogP contribution in [0.4, 0.5) is 17.1 Å². The summed E-state index contributed by atoms with van der Waals surface area (Å²) in [4.78, 5) is 2.32. The molecule has 0 aliphatic carbocycles. The first-order valence-electron chi connectivity index (χ1n) is 9.48. The normalized spacial score (nSPS) is 10.9. The van der Waals surface area contributed by atoms with Crippen molar-refractivity contribution in [1.29, 1.82) is 0 Å². The lowest BCUT2D eigenvalue weighted by Crippen LogP contribution is -2.09. The summed E-state index contributed by atoms with van der Waals surface area (Å²) < 4.78 is 2.64. The lowest BCUT2D eigenvalue weighted by atomic mass is 10.0. The molecule has 1 aromatic heterocycles. The predicted molar refractivity (Wildman–Crippen MR) is 135 cm³/mol. The minimum Gasteiger partial charge on any atom is -0.310 e. The van der Waals surface area contributed by atoms with Crippen molar-refractivity contribution < 1.29 is 0 Å². The van der Waals surface area contributed by atoms with Crippen LogP contribution in [0.15, 0.2) is 109 Å². The standard InChI is InChI=1S/C26H18INS/c27-26-18-21-17-24(15-16-25(21)29-26)28(22-9-5-2-6-10-22)23-13-11-20(12-14-23)19-7-3-1-4-8-19/h1-18H. The summed E-state index contributed by atoms with van der Waals surface area (Å²) in [6.45, 7) is 0. The highest BCUT2D eigenvalue weighted by molar-refractivity contribution is 14.1. The van der Waals surface area contributed by atoms with Crippen molar-refractivity contribution in [2.75, 3.05) is 4.90 Å². The van der Waals surface area contributed by atoms with Crippen LogP contribution in [0.1, 0.15) is 0 Å². The smallest absolute Gasteiger partial charge is 0.0666 e. The fourth-order valence-electron chi connectivity index (χ4n) is 3.60. The number of halogens is 1. The highest BCUT2D eigenvalue weighted by atomic mass is 127. The predicted octanol–water partition coefficient (Wildman–Crippen LogP) is 8.64. The molecular formula is C26H18INS. The van der Waals surface area contributed by atoms with Crippen LogP contribution in [0, 0.1) is 2.88 Å². The van der Waals surface area contributed by atoms with E-state index < -0.39 is 0 Å². The molecule has 3 heteroatoms. The Balaban J connectivity index is 1.60. The number of nitrogens with zero attached hydrogens (tertiary/aromatic N) is 1. The van der Waals surface area contributed by atoms with E-state index >= 15 is 0 Å². The molecule has 0 bridgehead atoms. The topological polar surface area (TPSA) is 3.24 Å². The summed E-state index contributed by atoms with van der Waals surface area (Å²) in [5.41, 5.74) is 5.94. The van der Waals surface area contributed by atoms with Crippen molar-refractivity contribution in [2.45, 2.75) is 0 Å². The number of thiophene rings is 1. The number of rotatable bonds is 4. The van der Waals surface area contributed by atoms with Crippen molar-refractivity contribution in [1.82, 2.24) is 0 Å². The van der Waals surface area contributed by atoms with Gasteiger partial charge in [-0.1, -0.05) is 60.7 Å². The van der Waals surface area contributed by atoms with E-state index in [1.165, 1.54) is 29.8 Å². The Kier molecular flexibility index (Phi) is 5.08. The Morgan fingerprint density at radius 2 is 1.14 bits per heavy atom. The monoisotopic (exact) mass is 503 g/mol. The minimum atomic E-state index is 1.15. The summed E-state index contributed by atoms with van der Waals surface area (Å²) in [5, 5.41) is 1.29. The van der Waals surface area contributed by atoms with Crippen LogP contribution in [-0.2, 0) is 0 Å². The molecule has 0 saturated carbocycles. The summed E-state index contributed by atoms with van der Waals surface area (Å²) in [6, 6.07) is 38.9. The molecule has 29 heavy (non-hydrogen) atoms. The summed E-state index contributed by atoms with van der Waals surface area (Å²) >= 11 is 4.23. The summed E-state index contributed by atoms with van der Waals surface area (Å²) in [6.07, 6.45) is 0. The fourth-order valence-corrected chi connectivity index (χ4v) is 5.41. The number of benzene rings is 4. The number of para-hydroxylation sites is 1. The van der Waals surface area contributed by atoms with Crippen molar-refractivity contribution in [3.8, 4) is 11.1 Å². The van der Waals surface area contributed by atoms with Gasteiger partial charge in [-0.05, 0) is 87.6 Å². The van der Waals surface area contributed by atoms with Gasteiger partial charge in [-0.25, -0.2) is 0 Å². The third-order valence-corrected chi connectivity index (χ3v) is 6.85. The van der Waals surface area contributed by atoms with Crippen LogP contribution in [0.5, 0.6) is 0 Å². The van der Waals surface area contributed by atoms with Gasteiger partial charge in [0.1, 0.15) is 0 Å². The van der Waals surface area contributed by atoms with Crippen LogP contribution in [0.3, 0.4) is 0 Å². The second-order valence-electron chi connectivity index (χ2n) is 6.86. The average Bonchev–Trinajstić information content (AvgIpc) is 3.15. The summed E-state index contributed by atoms with van der Waals surface area (Å²) in [7, 11) is 0. The van der Waals surface area contributed by atoms with Crippen molar-refractivity contribution in [3.63, 3.8) is 0 Å². The van der Waals surface area contributed by atoms with Crippen LogP contribution in [0.2, 0.25) is 0 Å². The molecule has 0 N–H and O–H groups in total. The fraction of sp³-hybridized carbons (Fsp3) is 0. The highest BCUT2D eigenvalue weighted by Crippen LogP contribution is 2.38. The van der Waals surface area contributed by atoms with Crippen molar-refractivity contribution in [3.05, 3.63) is 112 Å². The maximum Gasteiger partial charge on any atom is 0.0666 e. The van der Waals surface area contributed by atoms with Gasteiger partial charge < -0.3 is 4.90 Å². The maximum absolute atomic E-state index is 2.40. The second-order valence-corrected chi connectivity index (χ2v) is 9.83. The quantitative estimate of drug-likeness (QED) is 0.222. The molecule has 0 amide bonds. The number of anilines is 3. The zero-order valence-electron chi connectivity index (χ0n) is 15.6. The van der Waals surface area contributed by atoms with Crippen LogP contribution >= 0.6 is 33.9 Å². The lowest BCUT2D eigenvalue weighted by molar-refractivity contribution is 1.29. The molecule has 5 aromatic rings. The van der Waals surface area contributed by atoms with Gasteiger partial charge in [0.25, 0.3) is 0 Å². The molecule has 0 fully saturated rings. The molecule has 140 valence electrons. The van der Waals surface area contributed by atoms with Gasteiger partial charge in [0.2, 0.25) is 0 Å². The number of hydrogen-bond donors (Lipinski definition) is 0. The third kappa shape index (κ3) is 3.80. The zero-order chi connectivity index (χ0) is 19.6. The Labute approximate surface area is 188 Å². The van der Waals surface area contributed by atoms with E-state index in [9.17, 15) is 0 Å². The SMILES string of the molecule is Ic1cc2cc(N(c3ccccc3)c3ccc(-c4ccccc4)cc3)ccc2s1. The Bertz CT molecular complexity index is 1240. The van der Waals surface area contributed by atoms with Crippen LogP contribution in [0.25, 0.3) is 21.2 Å². The Morgan fingerprint density at radius 3 is 1.86 bits per heavy atom. The molecule has 0 saturated heterocycles. The first-order valence-corrected chi connectivity index (χ1v) is 11.4. The number of fused-ring (bicyclic) bond motifs is 1. The molecule has 1 nitrogen and oxygen atoms in total. The number of hydrogen-bond acceptors (Lipinski definition) is 2. The van der Waals surface area contributed by atoms with E-state index in [1.807, 2.05) is 11.3 Å². The Morgan fingerprint density at radius 1 is 0.552 bits per heavy atom. The molecule has 0 aliphatic heterocycles. The third-order valence-electron chi connectivity index (χ3n) is 4.98. The first-order chi connectivity index (χ1) is 14.3. The Hall–Kier alpha value is -2.63. The van der Waals surface area contributed by atoms with Crippen molar-refractivity contribution >= 4 is 61.1 Å². The minimum absolute atomic E-state index is 1.15. The molecule has 0 unspecified atom stereocenters. The van der Waals surface area contributed by atoms with E-state index in [0.29, 0.717) is 0 Å². The zero-order valence-corrected chi connectivity index (χ0v) is 18.6. The van der Waals surface area contributed by atoms with Crippen molar-refractivity contribution in [2.24, 2.45) is 0 Å². The van der Waals surface area contributed by atoms with Gasteiger partial charge in [-0.3, -0.25) is 0 Å². The van der Waals surface area contributed by atoms with E-state index in [2.05, 4.69) is 137 Å². The molecule has 5 rings (SSSR count). The van der Waals surface area contributed by atoms with E-state index in [0.717, 1.165) is 11.4 Å². The highest BCUT2D eigenvalue weighted by Gasteiger charge is 2.13. The van der Waals surface area contributed by atoms with Gasteiger partial charge in [0, 0.05) is 21.8 Å². The van der Waals surface area contributed by atoms with Gasteiger partial charge >= 0.3 is 0 Å². The molecule has 4 aromatic carbocycles. The van der Waals surface area contributed by atoms with E-state index in [4.69, 9.17) is 0 Å². The van der Waals surface area contributed by atoms with Crippen LogP contribution < -0.4 is 4.90 Å². The molecule has 1 heterocycles. The molecule has 0 aliphatic rings. The molecule has 0 radical (unpaired) electrons. The first kappa shape index (κ1) is 18.4. The van der Waals surface area contributed by atoms with E-state index in [1.54, 1.807) is 0 Å². The van der Waals surface area contributed by atoms with Gasteiger partial charge in [0.15, 0.2) is 0 Å². The van der Waals surface area contributed by atoms with Gasteiger partial charge in [-0.15, -0.1) is 11.3 Å². The average molecular weight is 503 g/mol. The largest absolute Gasteiger partial charge is 0.310 e. The summed E-state index contributed by atoms with van der Waals surface area (Å²) in [5.74, 6) is 0. The van der Waals surface area contributed by atoms with Gasteiger partial charge in [-0.2, -0.15) is 0 Å². The van der Waals surface area contributed by atoms with Gasteiger partial charge in [0.05, 0.1) is 2.88 Å². The second kappa shape index (κ2) is 8.01. The van der Waals surface area contributed by atoms with E-state index in [-0.39, 0.29) is 0 Å². The lowest BCUT2D eigenvalue weighted by Gasteiger charge is -2.25. The van der Waals surface area contributed by atoms with Crippen LogP contribution in [-0.4, -0.2) is 0 Å². The molecular weight excluding hydrogens is 485 g/mol.